The van der Waals surface area contributed by atoms with Crippen molar-refractivity contribution in [3.8, 4) is 11.3 Å². The molecule has 2 aromatic heterocycles. The smallest absolute Gasteiger partial charge is 0.216 e. The largest absolute Gasteiger partial charge is 0.455 e. The minimum Gasteiger partial charge on any atom is -0.455 e. The van der Waals surface area contributed by atoms with Gasteiger partial charge in [0.2, 0.25) is 5.69 Å². The standard InChI is InChI=1S/C37H42NO/c1-23-11-13-27-29-21-26-12-14-30-34(37(4,5)17-16-36(30,2)3)28(26)22-32(29)39-35(27)33(23)31-20-25(15-18-38(31)6)19-24-9-7-8-10-24/h11-15,18,20-22,24H,7-10,16-17,19H2,1-6H3/q+1. The highest BCUT2D eigenvalue weighted by Gasteiger charge is 2.38. The number of benzene rings is 3. The van der Waals surface area contributed by atoms with Crippen LogP contribution in [0.25, 0.3) is 44.0 Å². The zero-order chi connectivity index (χ0) is 27.1. The molecule has 1 saturated carbocycles. The predicted molar refractivity (Wildman–Crippen MR) is 164 cm³/mol. The van der Waals surface area contributed by atoms with Gasteiger partial charge >= 0.3 is 0 Å². The predicted octanol–water partition coefficient (Wildman–Crippen LogP) is 9.62. The first-order valence-corrected chi connectivity index (χ1v) is 15.0. The van der Waals surface area contributed by atoms with E-state index in [0.29, 0.717) is 0 Å². The van der Waals surface area contributed by atoms with Crippen LogP contribution < -0.4 is 4.57 Å². The molecule has 7 rings (SSSR count). The van der Waals surface area contributed by atoms with Gasteiger partial charge in [-0.2, -0.15) is 0 Å². The molecular formula is C37H42NO+. The topological polar surface area (TPSA) is 17.0 Å². The molecule has 2 aliphatic carbocycles. The molecule has 2 heteroatoms. The van der Waals surface area contributed by atoms with E-state index in [0.717, 1.165) is 17.1 Å². The lowest BCUT2D eigenvalue weighted by atomic mass is 9.62. The third-order valence-electron chi connectivity index (χ3n) is 10.2. The molecule has 0 unspecified atom stereocenters. The van der Waals surface area contributed by atoms with Crippen molar-refractivity contribution in [2.75, 3.05) is 0 Å². The van der Waals surface area contributed by atoms with Crippen LogP contribution in [0.5, 0.6) is 0 Å². The Labute approximate surface area is 233 Å². The van der Waals surface area contributed by atoms with Crippen LogP contribution in [0.15, 0.2) is 59.1 Å². The van der Waals surface area contributed by atoms with Crippen LogP contribution >= 0.6 is 0 Å². The Bertz CT molecular complexity index is 1760. The van der Waals surface area contributed by atoms with E-state index in [4.69, 9.17) is 4.42 Å². The number of fused-ring (bicyclic) bond motifs is 6. The van der Waals surface area contributed by atoms with E-state index in [1.54, 1.807) is 0 Å². The molecule has 2 aliphatic rings. The maximum Gasteiger partial charge on any atom is 0.216 e. The quantitative estimate of drug-likeness (QED) is 0.218. The van der Waals surface area contributed by atoms with Gasteiger partial charge in [-0.25, -0.2) is 4.57 Å². The summed E-state index contributed by atoms with van der Waals surface area (Å²) in [4.78, 5) is 0. The second-order valence-corrected chi connectivity index (χ2v) is 13.9. The van der Waals surface area contributed by atoms with Crippen LogP contribution in [0.3, 0.4) is 0 Å². The van der Waals surface area contributed by atoms with E-state index in [1.807, 2.05) is 0 Å². The highest BCUT2D eigenvalue weighted by molar-refractivity contribution is 6.14. The second-order valence-electron chi connectivity index (χ2n) is 13.9. The molecule has 0 radical (unpaired) electrons. The first-order chi connectivity index (χ1) is 18.6. The van der Waals surface area contributed by atoms with Crippen LogP contribution in [0.1, 0.15) is 88.5 Å². The molecule has 5 aromatic rings. The van der Waals surface area contributed by atoms with Crippen molar-refractivity contribution in [1.29, 1.82) is 0 Å². The van der Waals surface area contributed by atoms with Crippen molar-refractivity contribution in [2.45, 2.75) is 90.4 Å². The van der Waals surface area contributed by atoms with Crippen LogP contribution in [0.4, 0.5) is 0 Å². The van der Waals surface area contributed by atoms with Gasteiger partial charge < -0.3 is 4.42 Å². The number of aromatic nitrogens is 1. The molecule has 200 valence electrons. The summed E-state index contributed by atoms with van der Waals surface area (Å²) in [5.74, 6) is 0.834. The van der Waals surface area contributed by atoms with Gasteiger partial charge in [0.1, 0.15) is 18.2 Å². The van der Waals surface area contributed by atoms with Crippen molar-refractivity contribution in [3.05, 3.63) is 77.0 Å². The van der Waals surface area contributed by atoms with E-state index in [2.05, 4.69) is 101 Å². The fourth-order valence-electron chi connectivity index (χ4n) is 7.79. The summed E-state index contributed by atoms with van der Waals surface area (Å²) in [7, 11) is 2.17. The van der Waals surface area contributed by atoms with Crippen LogP contribution in [-0.4, -0.2) is 0 Å². The number of nitrogens with zero attached hydrogens (tertiary/aromatic N) is 1. The fraction of sp³-hybridized carbons (Fsp3) is 0.432. The third-order valence-corrected chi connectivity index (χ3v) is 10.2. The molecule has 0 bridgehead atoms. The Balaban J connectivity index is 1.45. The number of pyridine rings is 1. The monoisotopic (exact) mass is 516 g/mol. The normalized spacial score (nSPS) is 18.8. The summed E-state index contributed by atoms with van der Waals surface area (Å²) in [5.41, 5.74) is 10.6. The maximum atomic E-state index is 6.85. The Morgan fingerprint density at radius 3 is 2.41 bits per heavy atom. The van der Waals surface area contributed by atoms with E-state index in [-0.39, 0.29) is 10.8 Å². The van der Waals surface area contributed by atoms with Crippen molar-refractivity contribution in [2.24, 2.45) is 13.0 Å². The van der Waals surface area contributed by atoms with Gasteiger partial charge in [-0.1, -0.05) is 77.6 Å². The summed E-state index contributed by atoms with van der Waals surface area (Å²) in [5, 5.41) is 5.11. The molecule has 3 aromatic carbocycles. The van der Waals surface area contributed by atoms with Crippen LogP contribution in [0.2, 0.25) is 0 Å². The minimum atomic E-state index is 0.152. The molecule has 39 heavy (non-hydrogen) atoms. The zero-order valence-electron chi connectivity index (χ0n) is 24.6. The van der Waals surface area contributed by atoms with Gasteiger partial charge in [-0.3, -0.25) is 0 Å². The second kappa shape index (κ2) is 8.68. The lowest BCUT2D eigenvalue weighted by Gasteiger charge is -2.42. The molecular weight excluding hydrogens is 474 g/mol. The lowest BCUT2D eigenvalue weighted by Crippen LogP contribution is -2.34. The lowest BCUT2D eigenvalue weighted by molar-refractivity contribution is -0.660. The average molecular weight is 517 g/mol. The summed E-state index contributed by atoms with van der Waals surface area (Å²) in [6.45, 7) is 11.9. The average Bonchev–Trinajstić information content (AvgIpc) is 3.53. The van der Waals surface area contributed by atoms with Gasteiger partial charge in [0.25, 0.3) is 0 Å². The highest BCUT2D eigenvalue weighted by atomic mass is 16.3. The first kappa shape index (κ1) is 24.9. The van der Waals surface area contributed by atoms with Gasteiger partial charge in [-0.15, -0.1) is 0 Å². The van der Waals surface area contributed by atoms with Gasteiger partial charge in [-0.05, 0) is 88.1 Å². The Morgan fingerprint density at radius 2 is 1.62 bits per heavy atom. The summed E-state index contributed by atoms with van der Waals surface area (Å²) < 4.78 is 9.12. The molecule has 0 saturated heterocycles. The summed E-state index contributed by atoms with van der Waals surface area (Å²) in [6, 6.07) is 18.8. The zero-order valence-corrected chi connectivity index (χ0v) is 24.6. The van der Waals surface area contributed by atoms with E-state index >= 15 is 0 Å². The Kier molecular flexibility index (Phi) is 5.54. The van der Waals surface area contributed by atoms with Gasteiger partial charge in [0.15, 0.2) is 6.20 Å². The SMILES string of the molecule is Cc1ccc2c(oc3cc4c5c(ccc4cc32)C(C)(C)CCC5(C)C)c1-c1cc(CC2CCCC2)cc[n+]1C. The number of aryl methyl sites for hydroxylation is 2. The van der Waals surface area contributed by atoms with E-state index in [1.165, 1.54) is 100 Å². The minimum absolute atomic E-state index is 0.152. The van der Waals surface area contributed by atoms with Crippen molar-refractivity contribution in [1.82, 2.24) is 0 Å². The summed E-state index contributed by atoms with van der Waals surface area (Å²) >= 11 is 0. The van der Waals surface area contributed by atoms with Crippen LogP contribution in [-0.2, 0) is 24.3 Å². The van der Waals surface area contributed by atoms with Gasteiger partial charge in [0, 0.05) is 22.9 Å². The fourth-order valence-corrected chi connectivity index (χ4v) is 7.79. The molecule has 2 nitrogen and oxygen atoms in total. The maximum absolute atomic E-state index is 6.85. The molecule has 0 spiro atoms. The molecule has 0 aliphatic heterocycles. The van der Waals surface area contributed by atoms with Crippen molar-refractivity contribution in [3.63, 3.8) is 0 Å². The number of hydrogen-bond acceptors (Lipinski definition) is 1. The van der Waals surface area contributed by atoms with E-state index < -0.39 is 0 Å². The molecule has 0 N–H and O–H groups in total. The molecule has 2 heterocycles. The van der Waals surface area contributed by atoms with Crippen molar-refractivity contribution < 1.29 is 8.98 Å². The Hall–Kier alpha value is -3.13. The number of furan rings is 1. The Morgan fingerprint density at radius 1 is 0.846 bits per heavy atom. The number of rotatable bonds is 3. The van der Waals surface area contributed by atoms with Crippen LogP contribution in [0, 0.1) is 12.8 Å². The molecule has 0 amide bonds. The number of hydrogen-bond donors (Lipinski definition) is 0. The first-order valence-electron chi connectivity index (χ1n) is 15.0. The van der Waals surface area contributed by atoms with E-state index in [9.17, 15) is 0 Å². The summed E-state index contributed by atoms with van der Waals surface area (Å²) in [6.07, 6.45) is 11.4. The molecule has 0 atom stereocenters. The van der Waals surface area contributed by atoms with Gasteiger partial charge in [0.05, 0.1) is 5.56 Å². The van der Waals surface area contributed by atoms with Crippen molar-refractivity contribution >= 4 is 32.7 Å². The molecule has 1 fully saturated rings. The highest BCUT2D eigenvalue weighted by Crippen LogP contribution is 2.49. The third kappa shape index (κ3) is 3.93.